The summed E-state index contributed by atoms with van der Waals surface area (Å²) in [7, 11) is 2.02. The molecule has 0 aromatic carbocycles. The van der Waals surface area contributed by atoms with Gasteiger partial charge in [-0.25, -0.2) is 0 Å². The average molecular weight is 267 g/mol. The van der Waals surface area contributed by atoms with Crippen LogP contribution in [0.1, 0.15) is 67.2 Å². The molecule has 112 valence electrons. The van der Waals surface area contributed by atoms with Gasteiger partial charge in [0.15, 0.2) is 0 Å². The van der Waals surface area contributed by atoms with E-state index >= 15 is 0 Å². The van der Waals surface area contributed by atoms with Crippen LogP contribution in [0.2, 0.25) is 0 Å². The Hall–Kier alpha value is -0.630. The van der Waals surface area contributed by atoms with E-state index in [9.17, 15) is 4.79 Å². The predicted molar refractivity (Wildman–Crippen MR) is 84.4 cm³/mol. The summed E-state index contributed by atoms with van der Waals surface area (Å²) in [5.74, 6) is 0. The van der Waals surface area contributed by atoms with Crippen molar-refractivity contribution in [3.8, 4) is 0 Å². The average Bonchev–Trinajstić information content (AvgIpc) is 2.28. The molecule has 0 aliphatic heterocycles. The van der Waals surface area contributed by atoms with Crippen LogP contribution in [0.5, 0.6) is 0 Å². The number of nitrogens with one attached hydrogen (secondary N) is 1. The minimum atomic E-state index is -0.0469. The predicted octanol–water partition coefficient (Wildman–Crippen LogP) is 4.35. The molecule has 0 aromatic rings. The lowest BCUT2D eigenvalue weighted by Gasteiger charge is -2.31. The molecule has 2 nitrogen and oxygen atoms in total. The summed E-state index contributed by atoms with van der Waals surface area (Å²) in [6.07, 6.45) is 9.54. The molecule has 1 aliphatic carbocycles. The van der Waals surface area contributed by atoms with Gasteiger partial charge in [0, 0.05) is 11.0 Å². The van der Waals surface area contributed by atoms with Gasteiger partial charge >= 0.3 is 0 Å². The third-order valence-electron chi connectivity index (χ3n) is 3.57. The van der Waals surface area contributed by atoms with E-state index in [1.807, 2.05) is 14.0 Å². The van der Waals surface area contributed by atoms with Crippen molar-refractivity contribution < 1.29 is 4.79 Å². The fourth-order valence-corrected chi connectivity index (χ4v) is 2.51. The van der Waals surface area contributed by atoms with Crippen molar-refractivity contribution in [2.75, 3.05) is 7.05 Å². The van der Waals surface area contributed by atoms with Gasteiger partial charge in [-0.3, -0.25) is 0 Å². The fraction of sp³-hybridized carbons (Fsp3) is 0.824. The SMILES string of the molecule is CC1(C=O)CC=CCC1.CNC(C)(C)CC(C)(C)C. The van der Waals surface area contributed by atoms with Crippen LogP contribution in [0.4, 0.5) is 0 Å². The Balaban J connectivity index is 0.000000342. The second-order valence-corrected chi connectivity index (χ2v) is 7.86. The van der Waals surface area contributed by atoms with Gasteiger partial charge in [-0.05, 0) is 52.0 Å². The molecule has 1 rings (SSSR count). The second-order valence-electron chi connectivity index (χ2n) is 7.86. The van der Waals surface area contributed by atoms with Crippen LogP contribution in [-0.4, -0.2) is 18.9 Å². The van der Waals surface area contributed by atoms with Crippen molar-refractivity contribution in [3.05, 3.63) is 12.2 Å². The van der Waals surface area contributed by atoms with Crippen molar-refractivity contribution in [1.29, 1.82) is 0 Å². The van der Waals surface area contributed by atoms with E-state index in [4.69, 9.17) is 0 Å². The highest BCUT2D eigenvalue weighted by Crippen LogP contribution is 2.29. The normalized spacial score (nSPS) is 23.5. The van der Waals surface area contributed by atoms with E-state index in [1.165, 1.54) is 6.42 Å². The molecule has 0 heterocycles. The number of rotatable bonds is 3. The molecule has 0 saturated heterocycles. The number of hydrogen-bond acceptors (Lipinski definition) is 2. The van der Waals surface area contributed by atoms with Crippen LogP contribution in [0.15, 0.2) is 12.2 Å². The Morgan fingerprint density at radius 2 is 1.79 bits per heavy atom. The molecule has 0 spiro atoms. The molecule has 0 bridgehead atoms. The third kappa shape index (κ3) is 8.99. The first-order valence-corrected chi connectivity index (χ1v) is 7.34. The summed E-state index contributed by atoms with van der Waals surface area (Å²) in [4.78, 5) is 10.4. The van der Waals surface area contributed by atoms with Crippen molar-refractivity contribution in [1.82, 2.24) is 5.32 Å². The van der Waals surface area contributed by atoms with Crippen molar-refractivity contribution in [3.63, 3.8) is 0 Å². The Bertz CT molecular complexity index is 299. The summed E-state index contributed by atoms with van der Waals surface area (Å²) >= 11 is 0. The molecule has 0 aromatic heterocycles. The first kappa shape index (κ1) is 18.4. The van der Waals surface area contributed by atoms with Gasteiger partial charge in [-0.15, -0.1) is 0 Å². The molecule has 1 atom stereocenters. The van der Waals surface area contributed by atoms with E-state index < -0.39 is 0 Å². The maximum atomic E-state index is 10.4. The highest BCUT2D eigenvalue weighted by Gasteiger charge is 2.23. The lowest BCUT2D eigenvalue weighted by Crippen LogP contribution is -2.39. The van der Waals surface area contributed by atoms with Crippen LogP contribution in [0.25, 0.3) is 0 Å². The molecule has 1 N–H and O–H groups in total. The first-order valence-electron chi connectivity index (χ1n) is 7.34. The number of hydrogen-bond donors (Lipinski definition) is 1. The number of allylic oxidation sites excluding steroid dienone is 2. The summed E-state index contributed by atoms with van der Waals surface area (Å²) in [6, 6.07) is 0. The summed E-state index contributed by atoms with van der Waals surface area (Å²) < 4.78 is 0. The second kappa shape index (κ2) is 7.23. The molecular formula is C17H33NO. The minimum absolute atomic E-state index is 0.0469. The summed E-state index contributed by atoms with van der Waals surface area (Å²) in [5, 5.41) is 3.30. The van der Waals surface area contributed by atoms with Crippen LogP contribution >= 0.6 is 0 Å². The van der Waals surface area contributed by atoms with Crippen molar-refractivity contribution in [2.24, 2.45) is 10.8 Å². The van der Waals surface area contributed by atoms with E-state index in [2.05, 4.69) is 52.1 Å². The number of carbonyl (C=O) groups excluding carboxylic acids is 1. The number of aldehydes is 1. The van der Waals surface area contributed by atoms with Gasteiger partial charge in [-0.1, -0.05) is 39.8 Å². The monoisotopic (exact) mass is 267 g/mol. The zero-order valence-electron chi connectivity index (χ0n) is 14.0. The quantitative estimate of drug-likeness (QED) is 0.608. The molecule has 19 heavy (non-hydrogen) atoms. The highest BCUT2D eigenvalue weighted by molar-refractivity contribution is 5.59. The van der Waals surface area contributed by atoms with E-state index in [-0.39, 0.29) is 11.0 Å². The topological polar surface area (TPSA) is 29.1 Å². The molecule has 1 unspecified atom stereocenters. The van der Waals surface area contributed by atoms with Crippen molar-refractivity contribution in [2.45, 2.75) is 72.8 Å². The zero-order valence-corrected chi connectivity index (χ0v) is 14.0. The largest absolute Gasteiger partial charge is 0.315 e. The lowest BCUT2D eigenvalue weighted by molar-refractivity contribution is -0.115. The molecule has 2 heteroatoms. The van der Waals surface area contributed by atoms with Crippen LogP contribution < -0.4 is 5.32 Å². The molecule has 0 radical (unpaired) electrons. The first-order chi connectivity index (χ1) is 8.54. The number of carbonyl (C=O) groups is 1. The Morgan fingerprint density at radius 1 is 1.21 bits per heavy atom. The van der Waals surface area contributed by atoms with Gasteiger partial charge < -0.3 is 10.1 Å². The Labute approximate surface area is 120 Å². The maximum absolute atomic E-state index is 10.4. The summed E-state index contributed by atoms with van der Waals surface area (Å²) in [6.45, 7) is 13.3. The van der Waals surface area contributed by atoms with Gasteiger partial charge in [0.2, 0.25) is 0 Å². The van der Waals surface area contributed by atoms with Gasteiger partial charge in [0.05, 0.1) is 0 Å². The molecule has 0 amide bonds. The lowest BCUT2D eigenvalue weighted by atomic mass is 9.81. The van der Waals surface area contributed by atoms with E-state index in [1.54, 1.807) is 0 Å². The fourth-order valence-electron chi connectivity index (χ4n) is 2.51. The Morgan fingerprint density at radius 3 is 2.00 bits per heavy atom. The highest BCUT2D eigenvalue weighted by atomic mass is 16.1. The van der Waals surface area contributed by atoms with Crippen molar-refractivity contribution >= 4 is 6.29 Å². The van der Waals surface area contributed by atoms with Crippen LogP contribution in [0.3, 0.4) is 0 Å². The van der Waals surface area contributed by atoms with E-state index in [0.29, 0.717) is 5.41 Å². The Kier molecular flexibility index (Phi) is 6.99. The van der Waals surface area contributed by atoms with Gasteiger partial charge in [0.25, 0.3) is 0 Å². The molecule has 0 fully saturated rings. The maximum Gasteiger partial charge on any atom is 0.126 e. The van der Waals surface area contributed by atoms with Crippen LogP contribution in [-0.2, 0) is 4.79 Å². The van der Waals surface area contributed by atoms with Gasteiger partial charge in [-0.2, -0.15) is 0 Å². The third-order valence-corrected chi connectivity index (χ3v) is 3.57. The smallest absolute Gasteiger partial charge is 0.126 e. The molecule has 1 aliphatic rings. The minimum Gasteiger partial charge on any atom is -0.315 e. The van der Waals surface area contributed by atoms with Gasteiger partial charge in [0.1, 0.15) is 6.29 Å². The standard InChI is InChI=1S/C9H21N.C8H12O/c1-8(2,3)7-9(4,5)10-6;1-8(7-9)5-3-2-4-6-8/h10H,7H2,1-6H3;2-3,7H,4-6H2,1H3. The van der Waals surface area contributed by atoms with E-state index in [0.717, 1.165) is 25.5 Å². The summed E-state index contributed by atoms with van der Waals surface area (Å²) in [5.41, 5.74) is 0.652. The molecular weight excluding hydrogens is 234 g/mol. The molecule has 0 saturated carbocycles. The van der Waals surface area contributed by atoms with Crippen LogP contribution in [0, 0.1) is 10.8 Å². The zero-order chi connectivity index (χ0) is 15.2.